The van der Waals surface area contributed by atoms with Gasteiger partial charge in [-0.15, -0.1) is 0 Å². The van der Waals surface area contributed by atoms with Crippen LogP contribution in [0.5, 0.6) is 0 Å². The summed E-state index contributed by atoms with van der Waals surface area (Å²) in [5.41, 5.74) is 10.4. The summed E-state index contributed by atoms with van der Waals surface area (Å²) >= 11 is 0. The molecule has 0 radical (unpaired) electrons. The molecule has 5 heteroatoms. The topological polar surface area (TPSA) is 56.7 Å². The smallest absolute Gasteiger partial charge is 0.163 e. The fourth-order valence-electron chi connectivity index (χ4n) is 7.35. The predicted molar refractivity (Wildman–Crippen MR) is 207 cm³/mol. The van der Waals surface area contributed by atoms with Crippen LogP contribution in [-0.2, 0) is 6.42 Å². The van der Waals surface area contributed by atoms with Gasteiger partial charge in [-0.1, -0.05) is 146 Å². The number of nitrogens with zero attached hydrogens (tertiary/aromatic N) is 4. The molecule has 0 amide bonds. The van der Waals surface area contributed by atoms with Crippen molar-refractivity contribution in [1.29, 1.82) is 0 Å². The van der Waals surface area contributed by atoms with Crippen LogP contribution in [0, 0.1) is 0 Å². The Hall–Kier alpha value is -6.85. The van der Waals surface area contributed by atoms with Crippen LogP contribution in [0.2, 0.25) is 0 Å². The number of furan rings is 1. The van der Waals surface area contributed by atoms with E-state index >= 15 is 0 Å². The Kier molecular flexibility index (Phi) is 6.81. The molecule has 0 fully saturated rings. The minimum Gasteiger partial charge on any atom is -0.455 e. The molecular weight excluding hydrogens is 625 g/mol. The van der Waals surface area contributed by atoms with Gasteiger partial charge in [-0.3, -0.25) is 0 Å². The lowest BCUT2D eigenvalue weighted by molar-refractivity contribution is 0.670. The van der Waals surface area contributed by atoms with Crippen molar-refractivity contribution in [3.8, 4) is 39.6 Å². The molecule has 3 aromatic heterocycles. The first-order valence-electron chi connectivity index (χ1n) is 17.2. The fraction of sp³-hybridized carbons (Fsp3) is 0.0217. The SMILES string of the molecule is c1ccc(-c2nc(Cc3ccccc3-n3c4ccccc4c4ccc(-c5cccc6c5oc5ccccc56)cc43)nc(-c3ccccc3)n2)cc1. The molecule has 240 valence electrons. The zero-order chi connectivity index (χ0) is 33.7. The quantitative estimate of drug-likeness (QED) is 0.179. The predicted octanol–water partition coefficient (Wildman–Crippen LogP) is 11.5. The lowest BCUT2D eigenvalue weighted by atomic mass is 10.0. The highest BCUT2D eigenvalue weighted by molar-refractivity contribution is 6.13. The Morgan fingerprint density at radius 3 is 1.86 bits per heavy atom. The molecule has 0 unspecified atom stereocenters. The molecule has 5 nitrogen and oxygen atoms in total. The Bertz CT molecular complexity index is 2830. The van der Waals surface area contributed by atoms with Crippen molar-refractivity contribution in [2.45, 2.75) is 6.42 Å². The third-order valence-corrected chi connectivity index (χ3v) is 9.72. The van der Waals surface area contributed by atoms with E-state index in [1.165, 1.54) is 10.8 Å². The summed E-state index contributed by atoms with van der Waals surface area (Å²) in [5.74, 6) is 2.05. The Morgan fingerprint density at radius 1 is 0.451 bits per heavy atom. The maximum absolute atomic E-state index is 6.47. The largest absolute Gasteiger partial charge is 0.455 e. The van der Waals surface area contributed by atoms with Gasteiger partial charge in [0.05, 0.1) is 11.0 Å². The monoisotopic (exact) mass is 654 g/mol. The second-order valence-corrected chi connectivity index (χ2v) is 12.8. The molecule has 0 saturated heterocycles. The van der Waals surface area contributed by atoms with E-state index < -0.39 is 0 Å². The molecule has 51 heavy (non-hydrogen) atoms. The number of rotatable bonds is 6. The summed E-state index contributed by atoms with van der Waals surface area (Å²) in [5, 5.41) is 4.64. The van der Waals surface area contributed by atoms with Gasteiger partial charge < -0.3 is 8.98 Å². The van der Waals surface area contributed by atoms with Crippen LogP contribution >= 0.6 is 0 Å². The van der Waals surface area contributed by atoms with Crippen LogP contribution in [0.1, 0.15) is 11.4 Å². The van der Waals surface area contributed by atoms with Crippen molar-refractivity contribution in [3.05, 3.63) is 181 Å². The average Bonchev–Trinajstić information content (AvgIpc) is 3.74. The van der Waals surface area contributed by atoms with Crippen LogP contribution in [0.15, 0.2) is 174 Å². The Morgan fingerprint density at radius 2 is 1.08 bits per heavy atom. The standard InChI is InChI=1S/C46H30N4O/c1-3-14-30(15-4-1)45-47-43(48-46(49-45)31-16-5-2-6-17-31)29-33-18-7-10-23-39(33)50-40-24-11-8-19-35(40)36-27-26-32(28-41(36)50)34-21-13-22-38-37-20-9-12-25-42(37)51-44(34)38/h1-28H,29H2. The van der Waals surface area contributed by atoms with Gasteiger partial charge >= 0.3 is 0 Å². The first kappa shape index (κ1) is 29.1. The van der Waals surface area contributed by atoms with E-state index in [0.29, 0.717) is 23.9 Å². The highest BCUT2D eigenvalue weighted by Gasteiger charge is 2.19. The van der Waals surface area contributed by atoms with Crippen molar-refractivity contribution < 1.29 is 4.42 Å². The van der Waals surface area contributed by atoms with Gasteiger partial charge in [0.2, 0.25) is 0 Å². The van der Waals surface area contributed by atoms with Gasteiger partial charge in [0.15, 0.2) is 11.6 Å². The molecule has 0 aliphatic rings. The van der Waals surface area contributed by atoms with E-state index in [4.69, 9.17) is 19.4 Å². The summed E-state index contributed by atoms with van der Waals surface area (Å²) in [6, 6.07) is 58.9. The maximum atomic E-state index is 6.47. The van der Waals surface area contributed by atoms with E-state index in [9.17, 15) is 0 Å². The highest BCUT2D eigenvalue weighted by Crippen LogP contribution is 2.39. The first-order valence-corrected chi connectivity index (χ1v) is 17.2. The fourth-order valence-corrected chi connectivity index (χ4v) is 7.35. The molecule has 0 spiro atoms. The highest BCUT2D eigenvalue weighted by atomic mass is 16.3. The molecule has 7 aromatic carbocycles. The van der Waals surface area contributed by atoms with Crippen LogP contribution in [0.3, 0.4) is 0 Å². The van der Waals surface area contributed by atoms with E-state index in [1.807, 2.05) is 72.8 Å². The zero-order valence-electron chi connectivity index (χ0n) is 27.6. The molecule has 0 aliphatic carbocycles. The maximum Gasteiger partial charge on any atom is 0.163 e. The second-order valence-electron chi connectivity index (χ2n) is 12.8. The third kappa shape index (κ3) is 4.98. The third-order valence-electron chi connectivity index (χ3n) is 9.72. The van der Waals surface area contributed by atoms with E-state index in [-0.39, 0.29) is 0 Å². The van der Waals surface area contributed by atoms with Crippen molar-refractivity contribution in [2.75, 3.05) is 0 Å². The molecule has 0 aliphatic heterocycles. The van der Waals surface area contributed by atoms with Crippen molar-refractivity contribution in [2.24, 2.45) is 0 Å². The van der Waals surface area contributed by atoms with Crippen LogP contribution < -0.4 is 0 Å². The number of fused-ring (bicyclic) bond motifs is 6. The summed E-state index contributed by atoms with van der Waals surface area (Å²) in [6.07, 6.45) is 0.532. The van der Waals surface area contributed by atoms with E-state index in [1.54, 1.807) is 0 Å². The normalized spacial score (nSPS) is 11.6. The summed E-state index contributed by atoms with van der Waals surface area (Å²) in [4.78, 5) is 15.0. The van der Waals surface area contributed by atoms with Crippen LogP contribution in [0.4, 0.5) is 0 Å². The zero-order valence-corrected chi connectivity index (χ0v) is 27.6. The molecule has 0 bridgehead atoms. The van der Waals surface area contributed by atoms with Crippen LogP contribution in [-0.4, -0.2) is 19.5 Å². The number of hydrogen-bond acceptors (Lipinski definition) is 4. The number of aromatic nitrogens is 4. The van der Waals surface area contributed by atoms with E-state index in [2.05, 4.69) is 102 Å². The number of para-hydroxylation sites is 4. The minimum absolute atomic E-state index is 0.532. The molecule has 3 heterocycles. The number of hydrogen-bond donors (Lipinski definition) is 0. The molecule has 0 atom stereocenters. The van der Waals surface area contributed by atoms with Crippen molar-refractivity contribution in [1.82, 2.24) is 19.5 Å². The van der Waals surface area contributed by atoms with Gasteiger partial charge in [-0.25, -0.2) is 15.0 Å². The Labute approximate surface area is 294 Å². The molecule has 10 aromatic rings. The molecular formula is C46H30N4O. The summed E-state index contributed by atoms with van der Waals surface area (Å²) in [6.45, 7) is 0. The molecule has 10 rings (SSSR count). The van der Waals surface area contributed by atoms with Gasteiger partial charge in [-0.2, -0.15) is 0 Å². The molecule has 0 saturated carbocycles. The van der Waals surface area contributed by atoms with Gasteiger partial charge in [0, 0.05) is 50.3 Å². The lowest BCUT2D eigenvalue weighted by Crippen LogP contribution is -2.06. The van der Waals surface area contributed by atoms with Gasteiger partial charge in [0.25, 0.3) is 0 Å². The van der Waals surface area contributed by atoms with Gasteiger partial charge in [0.1, 0.15) is 17.0 Å². The van der Waals surface area contributed by atoms with Crippen molar-refractivity contribution in [3.63, 3.8) is 0 Å². The average molecular weight is 655 g/mol. The summed E-state index contributed by atoms with van der Waals surface area (Å²) in [7, 11) is 0. The first-order chi connectivity index (χ1) is 25.3. The second kappa shape index (κ2) is 11.9. The van der Waals surface area contributed by atoms with E-state index in [0.717, 1.165) is 66.5 Å². The van der Waals surface area contributed by atoms with Crippen molar-refractivity contribution >= 4 is 43.7 Å². The summed E-state index contributed by atoms with van der Waals surface area (Å²) < 4.78 is 8.86. The number of benzene rings is 7. The van der Waals surface area contributed by atoms with Crippen LogP contribution in [0.25, 0.3) is 83.3 Å². The minimum atomic E-state index is 0.532. The van der Waals surface area contributed by atoms with Gasteiger partial charge in [-0.05, 0) is 35.4 Å². The Balaban J connectivity index is 1.15. The molecule has 0 N–H and O–H groups in total. The lowest BCUT2D eigenvalue weighted by Gasteiger charge is -2.15.